The highest BCUT2D eigenvalue weighted by molar-refractivity contribution is 6.43. The minimum Gasteiger partial charge on any atom is -0.481 e. The average Bonchev–Trinajstić information content (AvgIpc) is 1.69. The molecule has 1 unspecified atom stereocenters. The fourth-order valence-electron chi connectivity index (χ4n) is 0.272. The molecule has 0 spiro atoms. The van der Waals surface area contributed by atoms with Gasteiger partial charge in [0.1, 0.15) is 13.1 Å². The second kappa shape index (κ2) is 3.08. The molecular formula is C4H5BNO2. The van der Waals surface area contributed by atoms with E-state index in [0.29, 0.717) is 0 Å². The maximum atomic E-state index is 9.91. The molecule has 3 nitrogen and oxygen atoms in total. The summed E-state index contributed by atoms with van der Waals surface area (Å²) in [5.41, 5.74) is 0. The topological polar surface area (TPSA) is 61.1 Å². The van der Waals surface area contributed by atoms with Crippen LogP contribution < -0.4 is 0 Å². The highest BCUT2D eigenvalue weighted by Gasteiger charge is 2.12. The Kier molecular flexibility index (Phi) is 2.71. The summed E-state index contributed by atoms with van der Waals surface area (Å²) < 4.78 is 0. The van der Waals surface area contributed by atoms with E-state index >= 15 is 0 Å². The third kappa shape index (κ3) is 1.65. The van der Waals surface area contributed by atoms with Crippen molar-refractivity contribution >= 4 is 13.2 Å². The predicted molar refractivity (Wildman–Crippen MR) is 28.6 cm³/mol. The van der Waals surface area contributed by atoms with Gasteiger partial charge >= 0.3 is 5.97 Å². The Balaban J connectivity index is 3.76. The van der Waals surface area contributed by atoms with E-state index in [-0.39, 0.29) is 0 Å². The van der Waals surface area contributed by atoms with Crippen molar-refractivity contribution in [3.63, 3.8) is 0 Å². The van der Waals surface area contributed by atoms with Crippen LogP contribution in [0.3, 0.4) is 0 Å². The van der Waals surface area contributed by atoms with E-state index in [1.54, 1.807) is 12.9 Å². The van der Waals surface area contributed by atoms with Gasteiger partial charge in [0.2, 0.25) is 0 Å². The molecule has 1 N–H and O–H groups in total. The highest BCUT2D eigenvalue weighted by atomic mass is 16.4. The number of carboxylic acids is 1. The molecule has 0 aromatic rings. The number of carboxylic acid groups (broad SMARTS) is 1. The van der Waals surface area contributed by atoms with Gasteiger partial charge in [-0.15, -0.1) is 0 Å². The van der Waals surface area contributed by atoms with Crippen LogP contribution in [0.2, 0.25) is 12.6 Å². The van der Waals surface area contributed by atoms with E-state index in [0.717, 1.165) is 0 Å². The Morgan fingerprint density at radius 1 is 2.00 bits per heavy atom. The predicted octanol–water partition coefficient (Wildman–Crippen LogP) is 0.135. The molecule has 0 heterocycles. The Morgan fingerprint density at radius 3 is 2.50 bits per heavy atom. The maximum Gasteiger partial charge on any atom is 0.312 e. The van der Waals surface area contributed by atoms with Gasteiger partial charge in [-0.1, -0.05) is 6.82 Å². The van der Waals surface area contributed by atoms with Gasteiger partial charge in [-0.3, -0.25) is 4.79 Å². The Bertz CT molecular complexity index is 128. The summed E-state index contributed by atoms with van der Waals surface area (Å²) in [7, 11) is 1.34. The third-order valence-electron chi connectivity index (χ3n) is 0.738. The molecule has 0 aromatic heterocycles. The van der Waals surface area contributed by atoms with Crippen molar-refractivity contribution in [3.8, 4) is 6.07 Å². The van der Waals surface area contributed by atoms with E-state index < -0.39 is 11.8 Å². The normalized spacial score (nSPS) is 11.5. The summed E-state index contributed by atoms with van der Waals surface area (Å²) in [6.07, 6.45) is 0. The van der Waals surface area contributed by atoms with Crippen LogP contribution in [0.1, 0.15) is 0 Å². The first-order valence-electron chi connectivity index (χ1n) is 2.14. The van der Waals surface area contributed by atoms with Crippen molar-refractivity contribution in [1.82, 2.24) is 0 Å². The number of rotatable bonds is 2. The highest BCUT2D eigenvalue weighted by Crippen LogP contribution is 1.97. The fourth-order valence-corrected chi connectivity index (χ4v) is 0.272. The first kappa shape index (κ1) is 7.02. The van der Waals surface area contributed by atoms with Crippen LogP contribution >= 0.6 is 0 Å². The minimum atomic E-state index is -1.09. The molecular weight excluding hydrogens is 105 g/mol. The molecule has 0 rings (SSSR count). The van der Waals surface area contributed by atoms with Gasteiger partial charge in [-0.25, -0.2) is 0 Å². The van der Waals surface area contributed by atoms with Crippen LogP contribution in [0.25, 0.3) is 0 Å². The van der Waals surface area contributed by atoms with Crippen molar-refractivity contribution in [3.05, 3.63) is 0 Å². The second-order valence-corrected chi connectivity index (χ2v) is 1.28. The van der Waals surface area contributed by atoms with Crippen LogP contribution in [0.4, 0.5) is 0 Å². The van der Waals surface area contributed by atoms with Crippen LogP contribution in [0.5, 0.6) is 0 Å². The first-order valence-corrected chi connectivity index (χ1v) is 2.14. The molecule has 0 saturated carbocycles. The van der Waals surface area contributed by atoms with Gasteiger partial charge in [-0.2, -0.15) is 5.26 Å². The molecule has 4 heteroatoms. The molecule has 0 amide bonds. The van der Waals surface area contributed by atoms with Gasteiger partial charge in [0.15, 0.2) is 0 Å². The molecule has 41 valence electrons. The van der Waals surface area contributed by atoms with E-state index in [1.165, 1.54) is 7.28 Å². The van der Waals surface area contributed by atoms with Crippen molar-refractivity contribution in [2.45, 2.75) is 12.6 Å². The number of aliphatic carboxylic acids is 1. The Labute approximate surface area is 48.2 Å². The average molecular weight is 110 g/mol. The zero-order valence-corrected chi connectivity index (χ0v) is 4.46. The molecule has 8 heavy (non-hydrogen) atoms. The molecule has 0 aromatic carbocycles. The molecule has 0 aliphatic rings. The SMILES string of the molecule is C[B]C(C#N)C(=O)O. The van der Waals surface area contributed by atoms with Gasteiger partial charge in [0.25, 0.3) is 0 Å². The lowest BCUT2D eigenvalue weighted by Crippen LogP contribution is -2.09. The molecule has 1 radical (unpaired) electrons. The van der Waals surface area contributed by atoms with Crippen molar-refractivity contribution in [1.29, 1.82) is 5.26 Å². The maximum absolute atomic E-state index is 9.91. The molecule has 0 fully saturated rings. The molecule has 0 aliphatic heterocycles. The van der Waals surface area contributed by atoms with Crippen LogP contribution in [0, 0.1) is 11.3 Å². The quantitative estimate of drug-likeness (QED) is 0.514. The summed E-state index contributed by atoms with van der Waals surface area (Å²) in [6.45, 7) is 1.54. The lowest BCUT2D eigenvalue weighted by atomic mass is 9.68. The van der Waals surface area contributed by atoms with Gasteiger partial charge < -0.3 is 5.11 Å². The fraction of sp³-hybridized carbons (Fsp3) is 0.500. The smallest absolute Gasteiger partial charge is 0.312 e. The van der Waals surface area contributed by atoms with Crippen LogP contribution in [-0.2, 0) is 4.79 Å². The Hall–Kier alpha value is -0.975. The monoisotopic (exact) mass is 110 g/mol. The lowest BCUT2D eigenvalue weighted by molar-refractivity contribution is -0.135. The Morgan fingerprint density at radius 2 is 2.50 bits per heavy atom. The van der Waals surface area contributed by atoms with E-state index in [2.05, 4.69) is 0 Å². The van der Waals surface area contributed by atoms with Crippen LogP contribution in [0.15, 0.2) is 0 Å². The van der Waals surface area contributed by atoms with Crippen molar-refractivity contribution in [2.75, 3.05) is 0 Å². The number of hydrogen-bond donors (Lipinski definition) is 1. The summed E-state index contributed by atoms with van der Waals surface area (Å²) in [5.74, 6) is -2.04. The van der Waals surface area contributed by atoms with Gasteiger partial charge in [-0.05, 0) is 0 Å². The molecule has 1 atom stereocenters. The van der Waals surface area contributed by atoms with Crippen LogP contribution in [-0.4, -0.2) is 18.4 Å². The van der Waals surface area contributed by atoms with E-state index in [4.69, 9.17) is 10.4 Å². The van der Waals surface area contributed by atoms with E-state index in [1.807, 2.05) is 0 Å². The number of nitrogens with zero attached hydrogens (tertiary/aromatic N) is 1. The van der Waals surface area contributed by atoms with Crippen molar-refractivity contribution in [2.24, 2.45) is 0 Å². The summed E-state index contributed by atoms with van der Waals surface area (Å²) in [4.78, 5) is 9.91. The molecule has 0 saturated heterocycles. The van der Waals surface area contributed by atoms with Gasteiger partial charge in [0, 0.05) is 0 Å². The summed E-state index contributed by atoms with van der Waals surface area (Å²) in [6, 6.07) is 1.60. The minimum absolute atomic E-state index is 0.949. The third-order valence-corrected chi connectivity index (χ3v) is 0.738. The van der Waals surface area contributed by atoms with Crippen molar-refractivity contribution < 1.29 is 9.90 Å². The number of carbonyl (C=O) groups is 1. The first-order chi connectivity index (χ1) is 3.72. The number of nitriles is 1. The molecule has 0 aliphatic carbocycles. The second-order valence-electron chi connectivity index (χ2n) is 1.28. The summed E-state index contributed by atoms with van der Waals surface area (Å²) in [5, 5.41) is 16.2. The standard InChI is InChI=1S/C4H5BNO2/c1-5-3(2-6)4(7)8/h3H,1H3,(H,7,8). The largest absolute Gasteiger partial charge is 0.481 e. The van der Waals surface area contributed by atoms with E-state index in [9.17, 15) is 4.79 Å². The zero-order valence-electron chi connectivity index (χ0n) is 4.46. The zero-order chi connectivity index (χ0) is 6.57. The molecule has 0 bridgehead atoms. The van der Waals surface area contributed by atoms with Gasteiger partial charge in [0.05, 0.1) is 6.07 Å². The number of hydrogen-bond acceptors (Lipinski definition) is 2. The summed E-state index contributed by atoms with van der Waals surface area (Å²) >= 11 is 0. The lowest BCUT2D eigenvalue weighted by Gasteiger charge is -1.92.